The van der Waals surface area contributed by atoms with E-state index in [9.17, 15) is 28.5 Å². The number of carbonyl (C=O) groups excluding carboxylic acids is 4. The van der Waals surface area contributed by atoms with Gasteiger partial charge in [-0.1, -0.05) is 51.0 Å². The number of hydrogen-bond acceptors (Lipinski definition) is 9. The molecule has 3 amide bonds. The van der Waals surface area contributed by atoms with Crippen molar-refractivity contribution in [2.75, 3.05) is 19.7 Å². The zero-order valence-electron chi connectivity index (χ0n) is 34.4. The van der Waals surface area contributed by atoms with Crippen molar-refractivity contribution in [3.63, 3.8) is 0 Å². The first kappa shape index (κ1) is 43.2. The molecule has 3 unspecified atom stereocenters. The summed E-state index contributed by atoms with van der Waals surface area (Å²) in [7, 11) is -2.75. The number of pyridine rings is 1. The number of thiophene rings is 1. The molecule has 3 fully saturated rings. The van der Waals surface area contributed by atoms with E-state index < -0.39 is 43.4 Å². The third kappa shape index (κ3) is 9.23. The highest BCUT2D eigenvalue weighted by Crippen LogP contribution is 2.58. The Morgan fingerprint density at radius 1 is 0.983 bits per heavy atom. The van der Waals surface area contributed by atoms with Gasteiger partial charge in [0, 0.05) is 49.1 Å². The van der Waals surface area contributed by atoms with Gasteiger partial charge in [0.25, 0.3) is 11.5 Å². The van der Waals surface area contributed by atoms with Crippen LogP contribution in [0.25, 0.3) is 10.1 Å². The lowest BCUT2D eigenvalue weighted by molar-refractivity contribution is -0.146. The minimum absolute atomic E-state index is 0.0110. The van der Waals surface area contributed by atoms with Crippen molar-refractivity contribution in [1.82, 2.24) is 24.8 Å². The maximum atomic E-state index is 16.5. The molecule has 0 spiro atoms. The van der Waals surface area contributed by atoms with Gasteiger partial charge in [-0.3, -0.25) is 28.5 Å². The molecular weight excluding hydrogens is 809 g/mol. The van der Waals surface area contributed by atoms with Crippen LogP contribution in [0.15, 0.2) is 77.7 Å². The van der Waals surface area contributed by atoms with Gasteiger partial charge < -0.3 is 28.9 Å². The summed E-state index contributed by atoms with van der Waals surface area (Å²) >= 11 is 1.18. The standard InChI is InChI=1S/C44H53FN5O8PS/c1-5-21-57-44(55)28(3)47-59(56,58-33-12-7-6-8-13-33)40(45)30-15-18-37-31(22-30)23-38(60-37)41(52)46-35-14-10-9-11-32-16-17-36(50(32)42(35)53)43(54)49-25-27(2)34(26-49)29-19-20-48(4)39(51)24-29/h6-8,12-13,15,18-20,22-24,27-28,32,34-36,40H,5,9-11,14,16-17,21,25-26H2,1-4H3,(H,46,52)(H,47,56)/t27-,28-,32-,34-,35?,36-,40?,59?/m0/s1. The van der Waals surface area contributed by atoms with Crippen LogP contribution >= 0.6 is 18.9 Å². The smallest absolute Gasteiger partial charge is 0.355 e. The quantitative estimate of drug-likeness (QED) is 0.106. The van der Waals surface area contributed by atoms with E-state index in [1.807, 2.05) is 17.9 Å². The maximum Gasteiger partial charge on any atom is 0.355 e. The van der Waals surface area contributed by atoms with Crippen molar-refractivity contribution >= 4 is 52.6 Å². The Kier molecular flexibility index (Phi) is 13.3. The summed E-state index contributed by atoms with van der Waals surface area (Å²) in [6, 6.07) is 15.2. The second kappa shape index (κ2) is 18.4. The predicted octanol–water partition coefficient (Wildman–Crippen LogP) is 7.07. The normalized spacial score (nSPS) is 23.9. The SMILES string of the molecule is CCCOC(=O)[C@H](C)NP(=O)(Oc1ccccc1)C(F)c1ccc2sc(C(=O)NC3CCCC[C@H]4CC[C@@H](C(=O)N5C[C@H](c6ccn(C)c(=O)c6)[C@@H](C)C5)N4C3=O)cc2c1. The van der Waals surface area contributed by atoms with Crippen molar-refractivity contribution in [2.24, 2.45) is 13.0 Å². The van der Waals surface area contributed by atoms with Gasteiger partial charge in [-0.05, 0) is 97.9 Å². The van der Waals surface area contributed by atoms with E-state index >= 15 is 4.39 Å². The van der Waals surface area contributed by atoms with Gasteiger partial charge in [-0.2, -0.15) is 0 Å². The van der Waals surface area contributed by atoms with Crippen molar-refractivity contribution < 1.29 is 37.4 Å². The second-order valence-corrected chi connectivity index (χ2v) is 19.5. The molecule has 0 bridgehead atoms. The molecule has 0 radical (unpaired) electrons. The number of aromatic nitrogens is 1. The van der Waals surface area contributed by atoms with Crippen LogP contribution in [0.5, 0.6) is 5.75 Å². The van der Waals surface area contributed by atoms with Gasteiger partial charge >= 0.3 is 13.5 Å². The number of hydrogen-bond donors (Lipinski definition) is 2. The van der Waals surface area contributed by atoms with Crippen LogP contribution in [0, 0.1) is 5.92 Å². The highest BCUT2D eigenvalue weighted by Gasteiger charge is 2.47. The Morgan fingerprint density at radius 3 is 2.50 bits per heavy atom. The molecule has 4 aromatic rings. The zero-order chi connectivity index (χ0) is 42.7. The molecule has 5 heterocycles. The van der Waals surface area contributed by atoms with E-state index in [2.05, 4.69) is 17.3 Å². The van der Waals surface area contributed by atoms with E-state index in [0.717, 1.165) is 24.8 Å². The predicted molar refractivity (Wildman–Crippen MR) is 228 cm³/mol. The molecule has 3 aliphatic rings. The molecule has 7 rings (SSSR count). The van der Waals surface area contributed by atoms with Crippen molar-refractivity contribution in [3.8, 4) is 5.75 Å². The van der Waals surface area contributed by atoms with E-state index in [1.54, 1.807) is 54.5 Å². The third-order valence-electron chi connectivity index (χ3n) is 11.9. The topological polar surface area (TPSA) is 156 Å². The minimum atomic E-state index is -4.45. The minimum Gasteiger partial charge on any atom is -0.465 e. The monoisotopic (exact) mass is 861 g/mol. The van der Waals surface area contributed by atoms with Crippen molar-refractivity contribution in [1.29, 1.82) is 0 Å². The molecule has 0 aliphatic carbocycles. The average molecular weight is 862 g/mol. The number of nitrogens with zero attached hydrogens (tertiary/aromatic N) is 3. The summed E-state index contributed by atoms with van der Waals surface area (Å²) in [6.07, 6.45) is 6.40. The van der Waals surface area contributed by atoms with Gasteiger partial charge in [0.15, 0.2) is 0 Å². The number of para-hydroxylation sites is 1. The largest absolute Gasteiger partial charge is 0.465 e. The fraction of sp³-hybridized carbons (Fsp3) is 0.477. The van der Waals surface area contributed by atoms with Gasteiger partial charge in [-0.15, -0.1) is 11.3 Å². The number of aryl methyl sites for hydroxylation is 1. The van der Waals surface area contributed by atoms with Gasteiger partial charge in [0.2, 0.25) is 17.7 Å². The Labute approximate surface area is 353 Å². The van der Waals surface area contributed by atoms with Crippen LogP contribution in [0.1, 0.15) is 98.3 Å². The lowest BCUT2D eigenvalue weighted by atomic mass is 9.91. The molecular formula is C44H53FN5O8PS. The fourth-order valence-corrected chi connectivity index (χ4v) is 11.5. The number of nitrogens with one attached hydrogen (secondary N) is 2. The van der Waals surface area contributed by atoms with Crippen LogP contribution in [0.2, 0.25) is 0 Å². The molecule has 3 aliphatic heterocycles. The molecule has 2 aromatic heterocycles. The van der Waals surface area contributed by atoms with E-state index in [-0.39, 0.29) is 53.2 Å². The lowest BCUT2D eigenvalue weighted by Gasteiger charge is -2.36. The first-order chi connectivity index (χ1) is 28.8. The second-order valence-electron chi connectivity index (χ2n) is 16.3. The summed E-state index contributed by atoms with van der Waals surface area (Å²) in [5.74, 6) is -3.42. The third-order valence-corrected chi connectivity index (χ3v) is 15.1. The number of esters is 1. The van der Waals surface area contributed by atoms with E-state index in [4.69, 9.17) is 9.26 Å². The fourth-order valence-electron chi connectivity index (χ4n) is 8.67. The van der Waals surface area contributed by atoms with Crippen LogP contribution in [-0.2, 0) is 30.7 Å². The van der Waals surface area contributed by atoms with Gasteiger partial charge in [0.05, 0.1) is 11.5 Å². The van der Waals surface area contributed by atoms with Gasteiger partial charge in [-0.25, -0.2) is 9.48 Å². The summed E-state index contributed by atoms with van der Waals surface area (Å²) in [5, 5.41) is 6.08. The maximum absolute atomic E-state index is 16.5. The molecule has 0 saturated carbocycles. The molecule has 60 heavy (non-hydrogen) atoms. The Hall–Kier alpha value is -4.85. The molecule has 2 N–H and O–H groups in total. The number of alkyl halides is 1. The number of rotatable bonds is 13. The first-order valence-electron chi connectivity index (χ1n) is 20.8. The Bertz CT molecular complexity index is 2340. The number of benzene rings is 2. The van der Waals surface area contributed by atoms with Crippen LogP contribution in [-0.4, -0.2) is 81.9 Å². The number of fused-ring (bicyclic) bond motifs is 2. The number of halogens is 1. The van der Waals surface area contributed by atoms with Crippen LogP contribution in [0.3, 0.4) is 0 Å². The van der Waals surface area contributed by atoms with Crippen molar-refractivity contribution in [3.05, 3.63) is 99.3 Å². The van der Waals surface area contributed by atoms with Gasteiger partial charge in [0.1, 0.15) is 23.9 Å². The summed E-state index contributed by atoms with van der Waals surface area (Å²) in [5.41, 5.74) is 0.826. The summed E-state index contributed by atoms with van der Waals surface area (Å²) in [6.45, 7) is 6.50. The molecule has 320 valence electrons. The van der Waals surface area contributed by atoms with Crippen molar-refractivity contribution in [2.45, 2.75) is 102 Å². The molecule has 16 heteroatoms. The number of amides is 3. The summed E-state index contributed by atoms with van der Waals surface area (Å²) < 4.78 is 44.0. The highest BCUT2D eigenvalue weighted by molar-refractivity contribution is 7.57. The Balaban J connectivity index is 1.06. The first-order valence-corrected chi connectivity index (χ1v) is 23.3. The summed E-state index contributed by atoms with van der Waals surface area (Å²) in [4.78, 5) is 71.3. The van der Waals surface area contributed by atoms with Crippen LogP contribution < -0.4 is 20.5 Å². The average Bonchev–Trinajstić information content (AvgIpc) is 3.97. The van der Waals surface area contributed by atoms with E-state index in [0.29, 0.717) is 53.7 Å². The highest BCUT2D eigenvalue weighted by atomic mass is 32.1. The zero-order valence-corrected chi connectivity index (χ0v) is 36.1. The number of likely N-dealkylation sites (tertiary alicyclic amines) is 1. The molecule has 3 saturated heterocycles. The molecule has 2 aromatic carbocycles. The lowest BCUT2D eigenvalue weighted by Crippen LogP contribution is -2.56. The molecule has 8 atom stereocenters. The number of carbonyl (C=O) groups is 4. The Morgan fingerprint density at radius 2 is 1.75 bits per heavy atom. The van der Waals surface area contributed by atoms with Crippen LogP contribution in [0.4, 0.5) is 4.39 Å². The van der Waals surface area contributed by atoms with E-state index in [1.165, 1.54) is 47.1 Å². The number of ether oxygens (including phenoxy) is 1. The molecule has 13 nitrogen and oxygen atoms in total.